The SMILES string of the molecule is CC/C=C/CCOC(=O)[C@@H](C)CC. The summed E-state index contributed by atoms with van der Waals surface area (Å²) < 4.78 is 5.05. The van der Waals surface area contributed by atoms with Gasteiger partial charge < -0.3 is 4.74 Å². The number of carbonyl (C=O) groups is 1. The summed E-state index contributed by atoms with van der Waals surface area (Å²) in [4.78, 5) is 11.2. The van der Waals surface area contributed by atoms with E-state index in [4.69, 9.17) is 4.74 Å². The fourth-order valence-corrected chi connectivity index (χ4v) is 0.821. The molecule has 0 N–H and O–H groups in total. The van der Waals surface area contributed by atoms with Gasteiger partial charge >= 0.3 is 5.97 Å². The lowest BCUT2D eigenvalue weighted by molar-refractivity contribution is -0.147. The van der Waals surface area contributed by atoms with Crippen LogP contribution in [-0.4, -0.2) is 12.6 Å². The van der Waals surface area contributed by atoms with Crippen molar-refractivity contribution in [1.82, 2.24) is 0 Å². The van der Waals surface area contributed by atoms with Crippen LogP contribution >= 0.6 is 0 Å². The van der Waals surface area contributed by atoms with Crippen LogP contribution in [0.5, 0.6) is 0 Å². The second kappa shape index (κ2) is 7.84. The number of carbonyl (C=O) groups excluding carboxylic acids is 1. The van der Waals surface area contributed by atoms with Gasteiger partial charge in [0, 0.05) is 0 Å². The van der Waals surface area contributed by atoms with E-state index in [2.05, 4.69) is 13.0 Å². The molecule has 0 bridgehead atoms. The average molecular weight is 184 g/mol. The van der Waals surface area contributed by atoms with Crippen molar-refractivity contribution in [3.8, 4) is 0 Å². The van der Waals surface area contributed by atoms with Crippen LogP contribution in [0, 0.1) is 5.92 Å². The van der Waals surface area contributed by atoms with E-state index in [0.29, 0.717) is 6.61 Å². The van der Waals surface area contributed by atoms with E-state index >= 15 is 0 Å². The van der Waals surface area contributed by atoms with Crippen LogP contribution in [-0.2, 0) is 9.53 Å². The second-order valence-electron chi connectivity index (χ2n) is 3.15. The first-order valence-electron chi connectivity index (χ1n) is 5.04. The van der Waals surface area contributed by atoms with Crippen LogP contribution < -0.4 is 0 Å². The molecule has 0 saturated heterocycles. The molecule has 0 rings (SSSR count). The first kappa shape index (κ1) is 12.2. The number of rotatable bonds is 6. The molecule has 0 unspecified atom stereocenters. The van der Waals surface area contributed by atoms with Gasteiger partial charge in [0.25, 0.3) is 0 Å². The summed E-state index contributed by atoms with van der Waals surface area (Å²) in [6.45, 7) is 6.48. The zero-order valence-electron chi connectivity index (χ0n) is 8.88. The Kier molecular flexibility index (Phi) is 7.36. The molecule has 0 fully saturated rings. The Morgan fingerprint density at radius 2 is 2.08 bits per heavy atom. The number of allylic oxidation sites excluding steroid dienone is 1. The number of ether oxygens (including phenoxy) is 1. The highest BCUT2D eigenvalue weighted by Gasteiger charge is 2.10. The lowest BCUT2D eigenvalue weighted by Gasteiger charge is -2.07. The van der Waals surface area contributed by atoms with Gasteiger partial charge in [-0.3, -0.25) is 4.79 Å². The molecule has 0 aromatic rings. The van der Waals surface area contributed by atoms with Crippen molar-refractivity contribution in [3.05, 3.63) is 12.2 Å². The standard InChI is InChI=1S/C11H20O2/c1-4-6-7-8-9-13-11(12)10(3)5-2/h6-7,10H,4-5,8-9H2,1-3H3/b7-6+/t10-/m0/s1. The molecule has 0 aromatic heterocycles. The van der Waals surface area contributed by atoms with E-state index in [0.717, 1.165) is 19.3 Å². The molecule has 0 amide bonds. The van der Waals surface area contributed by atoms with Gasteiger partial charge in [0.1, 0.15) is 0 Å². The van der Waals surface area contributed by atoms with Crippen molar-refractivity contribution in [2.45, 2.75) is 40.0 Å². The summed E-state index contributed by atoms with van der Waals surface area (Å²) in [7, 11) is 0. The molecule has 0 aliphatic rings. The van der Waals surface area contributed by atoms with Crippen molar-refractivity contribution in [3.63, 3.8) is 0 Å². The van der Waals surface area contributed by atoms with Gasteiger partial charge in [-0.25, -0.2) is 0 Å². The van der Waals surface area contributed by atoms with Crippen molar-refractivity contribution < 1.29 is 9.53 Å². The lowest BCUT2D eigenvalue weighted by Crippen LogP contribution is -2.14. The molecule has 1 atom stereocenters. The smallest absolute Gasteiger partial charge is 0.308 e. The second-order valence-corrected chi connectivity index (χ2v) is 3.15. The largest absolute Gasteiger partial charge is 0.465 e. The zero-order chi connectivity index (χ0) is 10.1. The maximum absolute atomic E-state index is 11.2. The molecule has 0 saturated carbocycles. The fourth-order valence-electron chi connectivity index (χ4n) is 0.821. The Hall–Kier alpha value is -0.790. The van der Waals surface area contributed by atoms with Crippen molar-refractivity contribution in [2.24, 2.45) is 5.92 Å². The Morgan fingerprint density at radius 3 is 2.62 bits per heavy atom. The molecule has 2 heteroatoms. The number of hydrogen-bond acceptors (Lipinski definition) is 2. The van der Waals surface area contributed by atoms with Gasteiger partial charge in [0.15, 0.2) is 0 Å². The Morgan fingerprint density at radius 1 is 1.38 bits per heavy atom. The molecule has 0 aliphatic carbocycles. The van der Waals surface area contributed by atoms with Gasteiger partial charge in [-0.05, 0) is 19.3 Å². The van der Waals surface area contributed by atoms with Crippen LogP contribution in [0.3, 0.4) is 0 Å². The molecule has 0 radical (unpaired) electrons. The summed E-state index contributed by atoms with van der Waals surface area (Å²) in [6, 6.07) is 0. The topological polar surface area (TPSA) is 26.3 Å². The quantitative estimate of drug-likeness (QED) is 0.360. The van der Waals surface area contributed by atoms with E-state index in [1.807, 2.05) is 19.9 Å². The predicted molar refractivity (Wildman–Crippen MR) is 54.5 cm³/mol. The minimum Gasteiger partial charge on any atom is -0.465 e. The maximum Gasteiger partial charge on any atom is 0.308 e. The van der Waals surface area contributed by atoms with Crippen LogP contribution in [0.2, 0.25) is 0 Å². The van der Waals surface area contributed by atoms with Crippen molar-refractivity contribution in [1.29, 1.82) is 0 Å². The minimum absolute atomic E-state index is 0.0372. The monoisotopic (exact) mass is 184 g/mol. The first-order chi connectivity index (χ1) is 6.22. The van der Waals surface area contributed by atoms with E-state index in [9.17, 15) is 4.79 Å². The summed E-state index contributed by atoms with van der Waals surface area (Å²) in [5.74, 6) is -0.0393. The highest BCUT2D eigenvalue weighted by atomic mass is 16.5. The normalized spacial score (nSPS) is 13.2. The molecular weight excluding hydrogens is 164 g/mol. The van der Waals surface area contributed by atoms with Gasteiger partial charge in [0.2, 0.25) is 0 Å². The molecule has 2 nitrogen and oxygen atoms in total. The molecule has 76 valence electrons. The van der Waals surface area contributed by atoms with Crippen molar-refractivity contribution >= 4 is 5.97 Å². The fraction of sp³-hybridized carbons (Fsp3) is 0.727. The number of esters is 1. The van der Waals surface area contributed by atoms with Gasteiger partial charge in [-0.15, -0.1) is 0 Å². The first-order valence-corrected chi connectivity index (χ1v) is 5.04. The summed E-state index contributed by atoms with van der Waals surface area (Å²) in [5.41, 5.74) is 0. The summed E-state index contributed by atoms with van der Waals surface area (Å²) >= 11 is 0. The van der Waals surface area contributed by atoms with E-state index in [1.54, 1.807) is 0 Å². The Balaban J connectivity index is 3.42. The van der Waals surface area contributed by atoms with Crippen LogP contribution in [0.25, 0.3) is 0 Å². The minimum atomic E-state index is -0.0765. The molecule has 0 heterocycles. The van der Waals surface area contributed by atoms with Crippen LogP contribution in [0.1, 0.15) is 40.0 Å². The van der Waals surface area contributed by atoms with E-state index in [1.165, 1.54) is 0 Å². The van der Waals surface area contributed by atoms with Crippen molar-refractivity contribution in [2.75, 3.05) is 6.61 Å². The molecule has 0 aliphatic heterocycles. The highest BCUT2D eigenvalue weighted by Crippen LogP contribution is 2.03. The lowest BCUT2D eigenvalue weighted by atomic mass is 10.1. The van der Waals surface area contributed by atoms with Gasteiger partial charge in [-0.2, -0.15) is 0 Å². The van der Waals surface area contributed by atoms with Gasteiger partial charge in [0.05, 0.1) is 12.5 Å². The van der Waals surface area contributed by atoms with Gasteiger partial charge in [-0.1, -0.05) is 32.9 Å². The van der Waals surface area contributed by atoms with E-state index < -0.39 is 0 Å². The maximum atomic E-state index is 11.2. The van der Waals surface area contributed by atoms with Crippen LogP contribution in [0.15, 0.2) is 12.2 Å². The molecular formula is C11H20O2. The summed E-state index contributed by atoms with van der Waals surface area (Å²) in [5, 5.41) is 0. The molecule has 0 spiro atoms. The predicted octanol–water partition coefficient (Wildman–Crippen LogP) is 2.93. The average Bonchev–Trinajstić information content (AvgIpc) is 2.16. The molecule has 13 heavy (non-hydrogen) atoms. The Bertz CT molecular complexity index is 161. The summed E-state index contributed by atoms with van der Waals surface area (Å²) in [6.07, 6.45) is 6.85. The third-order valence-electron chi connectivity index (χ3n) is 1.95. The highest BCUT2D eigenvalue weighted by molar-refractivity contribution is 5.71. The third kappa shape index (κ3) is 6.38. The Labute approximate surface area is 81.0 Å². The third-order valence-corrected chi connectivity index (χ3v) is 1.95. The van der Waals surface area contributed by atoms with E-state index in [-0.39, 0.29) is 11.9 Å². The van der Waals surface area contributed by atoms with Crippen LogP contribution in [0.4, 0.5) is 0 Å². The zero-order valence-corrected chi connectivity index (χ0v) is 8.88. The number of hydrogen-bond donors (Lipinski definition) is 0. The molecule has 0 aromatic carbocycles.